The SMILES string of the molecule is Cn1cc(C(=O)Nc2ccn[nH]2)c2cc(Cl)ccc21. The average molecular weight is 275 g/mol. The third kappa shape index (κ3) is 2.08. The van der Waals surface area contributed by atoms with Crippen molar-refractivity contribution in [3.8, 4) is 0 Å². The Morgan fingerprint density at radius 2 is 2.26 bits per heavy atom. The van der Waals surface area contributed by atoms with Crippen molar-refractivity contribution >= 4 is 34.2 Å². The van der Waals surface area contributed by atoms with Gasteiger partial charge in [0.1, 0.15) is 5.82 Å². The lowest BCUT2D eigenvalue weighted by atomic mass is 10.1. The fourth-order valence-electron chi connectivity index (χ4n) is 2.06. The van der Waals surface area contributed by atoms with Gasteiger partial charge in [-0.15, -0.1) is 0 Å². The maximum atomic E-state index is 12.2. The highest BCUT2D eigenvalue weighted by molar-refractivity contribution is 6.31. The number of halogens is 1. The second kappa shape index (κ2) is 4.44. The average Bonchev–Trinajstić information content (AvgIpc) is 2.98. The van der Waals surface area contributed by atoms with Crippen LogP contribution in [0.3, 0.4) is 0 Å². The molecule has 3 rings (SSSR count). The lowest BCUT2D eigenvalue weighted by molar-refractivity contribution is 0.102. The van der Waals surface area contributed by atoms with Crippen molar-refractivity contribution in [2.45, 2.75) is 0 Å². The van der Waals surface area contributed by atoms with Gasteiger partial charge in [0.15, 0.2) is 0 Å². The van der Waals surface area contributed by atoms with Crippen molar-refractivity contribution in [1.29, 1.82) is 0 Å². The third-order valence-electron chi connectivity index (χ3n) is 2.95. The van der Waals surface area contributed by atoms with E-state index < -0.39 is 0 Å². The summed E-state index contributed by atoms with van der Waals surface area (Å²) in [6.45, 7) is 0. The minimum atomic E-state index is -0.197. The Labute approximate surface area is 114 Å². The molecule has 0 fully saturated rings. The van der Waals surface area contributed by atoms with Crippen LogP contribution in [0.1, 0.15) is 10.4 Å². The van der Waals surface area contributed by atoms with Crippen molar-refractivity contribution in [3.05, 3.63) is 47.2 Å². The van der Waals surface area contributed by atoms with E-state index in [4.69, 9.17) is 11.6 Å². The molecule has 0 aliphatic heterocycles. The van der Waals surface area contributed by atoms with Gasteiger partial charge in [0.25, 0.3) is 5.91 Å². The molecule has 0 bridgehead atoms. The summed E-state index contributed by atoms with van der Waals surface area (Å²) in [6, 6.07) is 7.18. The Hall–Kier alpha value is -2.27. The molecule has 2 heterocycles. The standard InChI is InChI=1S/C13H11ClN4O/c1-18-7-10(9-6-8(14)2-3-11(9)18)13(19)16-12-4-5-15-17-12/h2-7H,1H3,(H2,15,16,17,19). The van der Waals surface area contributed by atoms with Crippen LogP contribution in [0.15, 0.2) is 36.7 Å². The van der Waals surface area contributed by atoms with Crippen molar-refractivity contribution in [2.24, 2.45) is 7.05 Å². The lowest BCUT2D eigenvalue weighted by Crippen LogP contribution is -2.11. The molecule has 0 unspecified atom stereocenters. The van der Waals surface area contributed by atoms with E-state index in [1.165, 1.54) is 0 Å². The summed E-state index contributed by atoms with van der Waals surface area (Å²) in [6.07, 6.45) is 3.36. The second-order valence-electron chi connectivity index (χ2n) is 4.24. The normalized spacial score (nSPS) is 10.8. The molecule has 0 saturated heterocycles. The molecule has 0 aliphatic carbocycles. The van der Waals surface area contributed by atoms with Gasteiger partial charge >= 0.3 is 0 Å². The zero-order valence-electron chi connectivity index (χ0n) is 10.1. The molecule has 2 aromatic heterocycles. The van der Waals surface area contributed by atoms with Gasteiger partial charge in [-0.1, -0.05) is 11.6 Å². The summed E-state index contributed by atoms with van der Waals surface area (Å²) in [4.78, 5) is 12.2. The zero-order chi connectivity index (χ0) is 13.4. The van der Waals surface area contributed by atoms with Crippen molar-refractivity contribution in [1.82, 2.24) is 14.8 Å². The largest absolute Gasteiger partial charge is 0.350 e. The predicted octanol–water partition coefficient (Wildman–Crippen LogP) is 2.81. The first-order valence-corrected chi connectivity index (χ1v) is 6.08. The summed E-state index contributed by atoms with van der Waals surface area (Å²) in [5.41, 5.74) is 1.54. The number of hydrogen-bond acceptors (Lipinski definition) is 2. The van der Waals surface area contributed by atoms with E-state index in [0.29, 0.717) is 16.4 Å². The van der Waals surface area contributed by atoms with E-state index in [0.717, 1.165) is 10.9 Å². The van der Waals surface area contributed by atoms with E-state index >= 15 is 0 Å². The van der Waals surface area contributed by atoms with Crippen LogP contribution < -0.4 is 5.32 Å². The number of fused-ring (bicyclic) bond motifs is 1. The van der Waals surface area contributed by atoms with Gasteiger partial charge in [-0.05, 0) is 18.2 Å². The van der Waals surface area contributed by atoms with E-state index in [9.17, 15) is 4.79 Å². The maximum Gasteiger partial charge on any atom is 0.258 e. The number of amides is 1. The number of hydrogen-bond donors (Lipinski definition) is 2. The number of nitrogens with zero attached hydrogens (tertiary/aromatic N) is 2. The Bertz CT molecular complexity index is 745. The number of anilines is 1. The van der Waals surface area contributed by atoms with E-state index in [1.807, 2.05) is 17.7 Å². The van der Waals surface area contributed by atoms with Gasteiger partial charge in [-0.25, -0.2) is 0 Å². The van der Waals surface area contributed by atoms with Crippen LogP contribution in [0.25, 0.3) is 10.9 Å². The summed E-state index contributed by atoms with van der Waals surface area (Å²) in [5, 5.41) is 10.7. The van der Waals surface area contributed by atoms with Crippen molar-refractivity contribution < 1.29 is 4.79 Å². The highest BCUT2D eigenvalue weighted by atomic mass is 35.5. The van der Waals surface area contributed by atoms with Gasteiger partial charge in [0, 0.05) is 35.2 Å². The Morgan fingerprint density at radius 1 is 1.42 bits per heavy atom. The molecule has 19 heavy (non-hydrogen) atoms. The molecule has 3 aromatic rings. The Balaban J connectivity index is 2.04. The fraction of sp³-hybridized carbons (Fsp3) is 0.0769. The summed E-state index contributed by atoms with van der Waals surface area (Å²) >= 11 is 5.99. The Morgan fingerprint density at radius 3 is 3.00 bits per heavy atom. The van der Waals surface area contributed by atoms with Crippen molar-refractivity contribution in [2.75, 3.05) is 5.32 Å². The molecule has 2 N–H and O–H groups in total. The molecule has 0 spiro atoms. The molecule has 1 aromatic carbocycles. The molecule has 5 nitrogen and oxygen atoms in total. The van der Waals surface area contributed by atoms with Crippen LogP contribution in [0.5, 0.6) is 0 Å². The van der Waals surface area contributed by atoms with Crippen LogP contribution in [0.2, 0.25) is 5.02 Å². The van der Waals surface area contributed by atoms with Crippen molar-refractivity contribution in [3.63, 3.8) is 0 Å². The summed E-state index contributed by atoms with van der Waals surface area (Å²) in [5.74, 6) is 0.362. The number of H-pyrrole nitrogens is 1. The third-order valence-corrected chi connectivity index (χ3v) is 3.18. The minimum Gasteiger partial charge on any atom is -0.350 e. The first-order chi connectivity index (χ1) is 9.15. The number of rotatable bonds is 2. The van der Waals surface area contributed by atoms with E-state index in [-0.39, 0.29) is 5.91 Å². The van der Waals surface area contributed by atoms with Gasteiger partial charge in [0.2, 0.25) is 0 Å². The van der Waals surface area contributed by atoms with Gasteiger partial charge < -0.3 is 9.88 Å². The van der Waals surface area contributed by atoms with Gasteiger partial charge in [-0.3, -0.25) is 9.89 Å². The van der Waals surface area contributed by atoms with Crippen LogP contribution in [-0.4, -0.2) is 20.7 Å². The number of benzene rings is 1. The number of aryl methyl sites for hydroxylation is 1. The molecular weight excluding hydrogens is 264 g/mol. The van der Waals surface area contributed by atoms with E-state index in [2.05, 4.69) is 15.5 Å². The molecule has 0 radical (unpaired) electrons. The summed E-state index contributed by atoms with van der Waals surface area (Å²) in [7, 11) is 1.89. The molecule has 0 saturated carbocycles. The van der Waals surface area contributed by atoms with Crippen LogP contribution >= 0.6 is 11.6 Å². The number of aromatic amines is 1. The molecule has 6 heteroatoms. The number of carbonyl (C=O) groups excluding carboxylic acids is 1. The second-order valence-corrected chi connectivity index (χ2v) is 4.68. The monoisotopic (exact) mass is 274 g/mol. The molecule has 1 amide bonds. The van der Waals surface area contributed by atoms with Crippen LogP contribution in [0.4, 0.5) is 5.82 Å². The first-order valence-electron chi connectivity index (χ1n) is 5.70. The smallest absolute Gasteiger partial charge is 0.258 e. The number of carbonyl (C=O) groups is 1. The molecular formula is C13H11ClN4O. The lowest BCUT2D eigenvalue weighted by Gasteiger charge is -2.01. The van der Waals surface area contributed by atoms with E-state index in [1.54, 1.807) is 30.6 Å². The first kappa shape index (κ1) is 11.8. The quantitative estimate of drug-likeness (QED) is 0.755. The Kier molecular flexibility index (Phi) is 2.76. The predicted molar refractivity (Wildman–Crippen MR) is 74.5 cm³/mol. The highest BCUT2D eigenvalue weighted by Crippen LogP contribution is 2.24. The number of aromatic nitrogens is 3. The molecule has 0 aliphatic rings. The fourth-order valence-corrected chi connectivity index (χ4v) is 2.23. The minimum absolute atomic E-state index is 0.197. The maximum absolute atomic E-state index is 12.2. The highest BCUT2D eigenvalue weighted by Gasteiger charge is 2.14. The topological polar surface area (TPSA) is 62.7 Å². The van der Waals surface area contributed by atoms with Crippen LogP contribution in [0, 0.1) is 0 Å². The number of nitrogens with one attached hydrogen (secondary N) is 2. The van der Waals surface area contributed by atoms with Gasteiger partial charge in [-0.2, -0.15) is 5.10 Å². The van der Waals surface area contributed by atoms with Crippen LogP contribution in [-0.2, 0) is 7.05 Å². The molecule has 0 atom stereocenters. The molecule has 96 valence electrons. The summed E-state index contributed by atoms with van der Waals surface area (Å²) < 4.78 is 1.90. The van der Waals surface area contributed by atoms with Gasteiger partial charge in [0.05, 0.1) is 11.8 Å². The zero-order valence-corrected chi connectivity index (χ0v) is 10.9.